The van der Waals surface area contributed by atoms with Crippen molar-refractivity contribution in [3.05, 3.63) is 0 Å². The average Bonchev–Trinajstić information content (AvgIpc) is 3.17. The molecule has 0 radical (unpaired) electrons. The van der Waals surface area contributed by atoms with Crippen molar-refractivity contribution in [1.82, 2.24) is 5.32 Å². The second-order valence-electron chi connectivity index (χ2n) is 12.7. The molecular weight excluding hydrogens is 674 g/mol. The maximum Gasteiger partial charge on any atom is 0.0704 e. The van der Waals surface area contributed by atoms with Crippen molar-refractivity contribution < 1.29 is 56.8 Å². The van der Waals surface area contributed by atoms with Gasteiger partial charge in [0.25, 0.3) is 0 Å². The van der Waals surface area contributed by atoms with Crippen molar-refractivity contribution >= 4 is 0 Å². The Morgan fingerprint density at radius 2 is 0.558 bits per heavy atom. The number of rotatable bonds is 45. The molecule has 1 aliphatic rings. The van der Waals surface area contributed by atoms with Crippen LogP contribution in [0.3, 0.4) is 0 Å². The van der Waals surface area contributed by atoms with E-state index in [0.29, 0.717) is 151 Å². The Labute approximate surface area is 317 Å². The Bertz CT molecular complexity index is 648. The Kier molecular flexibility index (Phi) is 42.7. The Morgan fingerprint density at radius 3 is 0.865 bits per heavy atom. The smallest absolute Gasteiger partial charge is 0.0704 e. The van der Waals surface area contributed by atoms with Gasteiger partial charge in [0.05, 0.1) is 151 Å². The van der Waals surface area contributed by atoms with Gasteiger partial charge in [-0.1, -0.05) is 64.7 Å². The maximum atomic E-state index is 5.80. The largest absolute Gasteiger partial charge is 0.379 e. The van der Waals surface area contributed by atoms with Crippen LogP contribution in [0.2, 0.25) is 0 Å². The van der Waals surface area contributed by atoms with Gasteiger partial charge in [0.2, 0.25) is 0 Å². The van der Waals surface area contributed by atoms with Crippen LogP contribution in [0.1, 0.15) is 84.0 Å². The lowest BCUT2D eigenvalue weighted by Crippen LogP contribution is -2.33. The van der Waals surface area contributed by atoms with Gasteiger partial charge < -0.3 is 62.2 Å². The fourth-order valence-electron chi connectivity index (χ4n) is 5.23. The molecule has 1 heterocycles. The molecule has 13 nitrogen and oxygen atoms in total. The van der Waals surface area contributed by atoms with Crippen molar-refractivity contribution in [2.45, 2.75) is 90.1 Å². The first-order valence-corrected chi connectivity index (χ1v) is 20.6. The number of nitrogens with one attached hydrogen (secondary N) is 1. The third-order valence-electron chi connectivity index (χ3n) is 8.23. The summed E-state index contributed by atoms with van der Waals surface area (Å²) in [6, 6.07) is 0. The van der Waals surface area contributed by atoms with E-state index in [0.717, 1.165) is 39.0 Å². The van der Waals surface area contributed by atoms with Gasteiger partial charge in [0, 0.05) is 6.61 Å². The van der Waals surface area contributed by atoms with Crippen molar-refractivity contribution in [2.75, 3.05) is 165 Å². The first kappa shape index (κ1) is 49.5. The van der Waals surface area contributed by atoms with Crippen LogP contribution in [-0.2, 0) is 56.8 Å². The molecule has 0 aromatic rings. The topological polar surface area (TPSA) is 123 Å². The highest BCUT2D eigenvalue weighted by atomic mass is 16.6. The second kappa shape index (κ2) is 44.9. The Hall–Kier alpha value is -0.520. The fraction of sp³-hybridized carbons (Fsp3) is 1.00. The highest BCUT2D eigenvalue weighted by Gasteiger charge is 2.12. The summed E-state index contributed by atoms with van der Waals surface area (Å²) in [7, 11) is 0. The van der Waals surface area contributed by atoms with E-state index < -0.39 is 0 Å². The average molecular weight is 754 g/mol. The van der Waals surface area contributed by atoms with Crippen molar-refractivity contribution in [3.63, 3.8) is 0 Å². The lowest BCUT2D eigenvalue weighted by Gasteiger charge is -2.22. The summed E-state index contributed by atoms with van der Waals surface area (Å²) in [5.74, 6) is 0. The molecule has 1 aliphatic heterocycles. The minimum absolute atomic E-state index is 0.373. The highest BCUT2D eigenvalue weighted by molar-refractivity contribution is 4.67. The molecule has 0 unspecified atom stereocenters. The van der Waals surface area contributed by atoms with Gasteiger partial charge in [-0.2, -0.15) is 0 Å². The zero-order valence-corrected chi connectivity index (χ0v) is 33.1. The third kappa shape index (κ3) is 40.7. The van der Waals surface area contributed by atoms with Crippen LogP contribution in [0.25, 0.3) is 0 Å². The van der Waals surface area contributed by atoms with Crippen LogP contribution < -0.4 is 5.32 Å². The van der Waals surface area contributed by atoms with Crippen molar-refractivity contribution in [1.29, 1.82) is 0 Å². The van der Waals surface area contributed by atoms with E-state index in [4.69, 9.17) is 56.8 Å². The summed E-state index contributed by atoms with van der Waals surface area (Å²) in [5, 5.41) is 3.33. The molecule has 0 aliphatic carbocycles. The van der Waals surface area contributed by atoms with Crippen molar-refractivity contribution in [2.24, 2.45) is 0 Å². The van der Waals surface area contributed by atoms with Crippen molar-refractivity contribution in [3.8, 4) is 0 Å². The van der Waals surface area contributed by atoms with E-state index >= 15 is 0 Å². The van der Waals surface area contributed by atoms with Crippen LogP contribution in [0.5, 0.6) is 0 Å². The number of unbranched alkanes of at least 4 members (excludes halogenated alkanes) is 9. The third-order valence-corrected chi connectivity index (χ3v) is 8.23. The molecule has 0 aromatic heterocycles. The highest BCUT2D eigenvalue weighted by Crippen LogP contribution is 2.10. The first-order valence-electron chi connectivity index (χ1n) is 20.6. The molecule has 0 amide bonds. The summed E-state index contributed by atoms with van der Waals surface area (Å²) in [6.45, 7) is 17.4. The number of ether oxygens (including phenoxy) is 12. The van der Waals surface area contributed by atoms with E-state index in [9.17, 15) is 0 Å². The molecule has 312 valence electrons. The summed E-state index contributed by atoms with van der Waals surface area (Å²) in [6.07, 6.45) is 16.0. The molecular formula is C39H79NO12. The lowest BCUT2D eigenvalue weighted by molar-refractivity contribution is -0.0326. The van der Waals surface area contributed by atoms with E-state index in [1.54, 1.807) is 0 Å². The molecule has 0 saturated carbocycles. The van der Waals surface area contributed by atoms with Crippen LogP contribution in [0.4, 0.5) is 0 Å². The molecule has 0 aromatic carbocycles. The molecule has 1 saturated heterocycles. The van der Waals surface area contributed by atoms with Crippen LogP contribution in [0.15, 0.2) is 0 Å². The van der Waals surface area contributed by atoms with Crippen LogP contribution >= 0.6 is 0 Å². The Balaban J connectivity index is 1.59. The minimum atomic E-state index is 0.373. The second-order valence-corrected chi connectivity index (χ2v) is 12.7. The molecule has 0 atom stereocenters. The van der Waals surface area contributed by atoms with E-state index in [1.807, 2.05) is 0 Å². The summed E-state index contributed by atoms with van der Waals surface area (Å²) in [4.78, 5) is 0. The van der Waals surface area contributed by atoms with E-state index in [1.165, 1.54) is 57.8 Å². The van der Waals surface area contributed by atoms with Gasteiger partial charge in [-0.25, -0.2) is 0 Å². The minimum Gasteiger partial charge on any atom is -0.379 e. The lowest BCUT2D eigenvalue weighted by atomic mass is 10.1. The summed E-state index contributed by atoms with van der Waals surface area (Å²) >= 11 is 0. The van der Waals surface area contributed by atoms with E-state index in [-0.39, 0.29) is 0 Å². The predicted octanol–water partition coefficient (Wildman–Crippen LogP) is 4.86. The summed E-state index contributed by atoms with van der Waals surface area (Å²) in [5.41, 5.74) is 0. The normalized spacial score (nSPS) is 13.8. The quantitative estimate of drug-likeness (QED) is 0.0854. The van der Waals surface area contributed by atoms with Gasteiger partial charge in [-0.3, -0.25) is 0 Å². The van der Waals surface area contributed by atoms with Gasteiger partial charge in [-0.05, 0) is 32.4 Å². The molecule has 0 bridgehead atoms. The van der Waals surface area contributed by atoms with Gasteiger partial charge in [0.1, 0.15) is 0 Å². The SMILES string of the molecule is CCCCCCCCCCCCOCCOCCOCCOCCOCCOCCOCCOCCOCCOCCOCCOC1CCNCC1. The molecule has 1 fully saturated rings. The van der Waals surface area contributed by atoms with Gasteiger partial charge >= 0.3 is 0 Å². The van der Waals surface area contributed by atoms with Crippen LogP contribution in [0, 0.1) is 0 Å². The molecule has 1 rings (SSSR count). The molecule has 1 N–H and O–H groups in total. The first-order chi connectivity index (χ1) is 25.9. The molecule has 0 spiro atoms. The van der Waals surface area contributed by atoms with Gasteiger partial charge in [-0.15, -0.1) is 0 Å². The van der Waals surface area contributed by atoms with Crippen LogP contribution in [-0.4, -0.2) is 171 Å². The van der Waals surface area contributed by atoms with E-state index in [2.05, 4.69) is 12.2 Å². The summed E-state index contributed by atoms with van der Waals surface area (Å²) < 4.78 is 66.7. The predicted molar refractivity (Wildman–Crippen MR) is 203 cm³/mol. The molecule has 13 heteroatoms. The fourth-order valence-corrected chi connectivity index (χ4v) is 5.23. The number of hydrogen-bond acceptors (Lipinski definition) is 13. The maximum absolute atomic E-state index is 5.80. The number of piperidine rings is 1. The zero-order chi connectivity index (χ0) is 36.9. The number of hydrogen-bond donors (Lipinski definition) is 1. The monoisotopic (exact) mass is 754 g/mol. The zero-order valence-electron chi connectivity index (χ0n) is 33.1. The Morgan fingerprint density at radius 1 is 0.308 bits per heavy atom. The standard InChI is InChI=1S/C39H79NO12/c1-2-3-4-5-6-7-8-9-10-11-16-41-17-18-42-19-20-43-21-22-44-23-24-45-25-26-46-27-28-47-29-30-48-31-32-49-33-34-50-35-36-51-37-38-52-39-12-14-40-15-13-39/h39-40H,2-38H2,1H3. The van der Waals surface area contributed by atoms with Gasteiger partial charge in [0.15, 0.2) is 0 Å². The molecule has 52 heavy (non-hydrogen) atoms.